The normalized spacial score (nSPS) is 8.19. The van der Waals surface area contributed by atoms with Gasteiger partial charge in [0, 0.05) is 105 Å². The van der Waals surface area contributed by atoms with E-state index in [-0.39, 0.29) is 38.4 Å². The van der Waals surface area contributed by atoms with Crippen LogP contribution in [0.25, 0.3) is 0 Å². The molecule has 2 nitrogen and oxygen atoms in total. The van der Waals surface area contributed by atoms with Gasteiger partial charge in [-0.1, -0.05) is 13.4 Å². The van der Waals surface area contributed by atoms with Gasteiger partial charge >= 0.3 is 0 Å². The first-order valence-corrected chi connectivity index (χ1v) is 8.05. The van der Waals surface area contributed by atoms with Gasteiger partial charge in [0.1, 0.15) is 6.49 Å². The zero-order valence-corrected chi connectivity index (χ0v) is 18.5. The Kier molecular flexibility index (Phi) is 24.3. The van der Waals surface area contributed by atoms with Crippen molar-refractivity contribution in [3.8, 4) is 0 Å². The van der Waals surface area contributed by atoms with Crippen molar-refractivity contribution in [2.75, 3.05) is 0 Å². The van der Waals surface area contributed by atoms with E-state index in [1.54, 1.807) is 13.1 Å². The van der Waals surface area contributed by atoms with Gasteiger partial charge in [-0.05, 0) is 64.3 Å². The maximum Gasteiger partial charge on any atom is 0.126 e. The second kappa shape index (κ2) is 19.7. The molecule has 0 amide bonds. The molecule has 0 bridgehead atoms. The van der Waals surface area contributed by atoms with Crippen LogP contribution in [0.15, 0.2) is 0 Å². The molecule has 0 heterocycles. The minimum absolute atomic E-state index is 0. The quantitative estimate of drug-likeness (QED) is 0.245. The van der Waals surface area contributed by atoms with Gasteiger partial charge in [-0.2, -0.15) is 0 Å². The summed E-state index contributed by atoms with van der Waals surface area (Å²) in [5.74, 6) is 0. The molecule has 0 aliphatic heterocycles. The molecule has 0 aliphatic rings. The van der Waals surface area contributed by atoms with E-state index in [4.69, 9.17) is 69.6 Å². The predicted octanol–water partition coefficient (Wildman–Crippen LogP) is -7.54. The maximum atomic E-state index is 11.6. The summed E-state index contributed by atoms with van der Waals surface area (Å²) >= 11 is 0. The van der Waals surface area contributed by atoms with Crippen LogP contribution in [0.2, 0.25) is 0 Å². The van der Waals surface area contributed by atoms with Gasteiger partial charge in [0.05, 0.1) is 5.68 Å². The first-order chi connectivity index (χ1) is 12.1. The fraction of sp³-hybridized carbons (Fsp3) is 0.500. The second-order valence-corrected chi connectivity index (χ2v) is 5.65. The van der Waals surface area contributed by atoms with Crippen molar-refractivity contribution < 1.29 is 42.3 Å². The zero-order chi connectivity index (χ0) is 20.9. The topological polar surface area (TPSA) is 34.1 Å². The molecule has 0 fully saturated rings. The molecule has 97 valence electrons. The Morgan fingerprint density at radius 2 is 1.48 bits per heavy atom. The van der Waals surface area contributed by atoms with Crippen molar-refractivity contribution in [1.29, 1.82) is 0 Å². The summed E-state index contributed by atoms with van der Waals surface area (Å²) in [6.07, 6.45) is -0.974. The average molecular weight is 390 g/mol. The Labute approximate surface area is 208 Å². The van der Waals surface area contributed by atoms with Crippen LogP contribution in [-0.2, 0) is 42.3 Å². The van der Waals surface area contributed by atoms with Crippen LogP contribution in [0.3, 0.4) is 0 Å². The predicted molar refractivity (Wildman–Crippen MR) is 136 cm³/mol. The third-order valence-electron chi connectivity index (χ3n) is 3.77. The minimum Gasteiger partial charge on any atom is -0.549 e. The number of carbonyl (C=O) groups excluding carboxylic acids is 2. The average Bonchev–Trinajstić information content (AvgIpc) is 2.63. The molecule has 0 saturated carbocycles. The number of rotatable bonds is 12. The molecule has 0 spiro atoms. The first kappa shape index (κ1) is 33.4. The summed E-state index contributed by atoms with van der Waals surface area (Å²) in [4.78, 5) is 21.6. The second-order valence-electron chi connectivity index (χ2n) is 5.65. The van der Waals surface area contributed by atoms with Crippen molar-refractivity contribution in [1.82, 2.24) is 0 Å². The minimum atomic E-state index is -0.860. The van der Waals surface area contributed by atoms with Gasteiger partial charge in [0.15, 0.2) is 0 Å². The van der Waals surface area contributed by atoms with Gasteiger partial charge in [0.2, 0.25) is 0 Å². The first-order valence-electron chi connectivity index (χ1n) is 8.05. The van der Waals surface area contributed by atoms with Gasteiger partial charge in [-0.3, -0.25) is 0 Å². The van der Waals surface area contributed by atoms with Crippen LogP contribution < -0.4 is 0 Å². The fourth-order valence-corrected chi connectivity index (χ4v) is 2.11. The SMILES string of the molecule is [B][B]B([B])B([B][B])B(B([B])[B])C(=O)CC.[B][B][B]B([B])B([B])B([B])[C-]=O.[Y]. The molecule has 0 aliphatic carbocycles. The molecule has 23 heteroatoms. The van der Waals surface area contributed by atoms with Gasteiger partial charge < -0.3 is 15.8 Å². The van der Waals surface area contributed by atoms with Crippen molar-refractivity contribution in [2.45, 2.75) is 13.3 Å². The van der Waals surface area contributed by atoms with E-state index in [1.807, 2.05) is 0 Å². The van der Waals surface area contributed by atoms with E-state index in [0.29, 0.717) is 6.42 Å². The number of hydrogen-bond acceptors (Lipinski definition) is 2. The zero-order valence-electron chi connectivity index (χ0n) is 15.6. The van der Waals surface area contributed by atoms with Crippen molar-refractivity contribution >= 4 is 155 Å². The van der Waals surface area contributed by atoms with Gasteiger partial charge in [-0.25, -0.2) is 0 Å². The molecular formula is C4H5B20O2Y-. The molecule has 0 aromatic rings. The molecule has 0 aromatic carbocycles. The largest absolute Gasteiger partial charge is 0.549 e. The van der Waals surface area contributed by atoms with E-state index in [9.17, 15) is 9.59 Å². The molecule has 0 atom stereocenters. The van der Waals surface area contributed by atoms with Crippen molar-refractivity contribution in [2.24, 2.45) is 0 Å². The molecular weight excluding hydrogens is 385 g/mol. The summed E-state index contributed by atoms with van der Waals surface area (Å²) < 4.78 is 0. The summed E-state index contributed by atoms with van der Waals surface area (Å²) in [5.41, 5.74) is -0.0611. The fourth-order valence-electron chi connectivity index (χ4n) is 2.11. The van der Waals surface area contributed by atoms with Crippen LogP contribution in [-0.4, -0.2) is 155 Å². The van der Waals surface area contributed by atoms with E-state index < -0.39 is 44.9 Å². The van der Waals surface area contributed by atoms with Crippen LogP contribution in [0, 0.1) is 0 Å². The Hall–Kier alpha value is 1.74. The van der Waals surface area contributed by atoms with Crippen molar-refractivity contribution in [3.05, 3.63) is 0 Å². The number of carbonyl (C=O) groups is 1. The monoisotopic (exact) mass is 394 g/mol. The smallest absolute Gasteiger partial charge is 0.126 e. The standard InChI is InChI=1S/C3H5B11O.CB9O.Y/c1-2-3(15)11(12(6)7)14(10-5)13(8)9-4;2-6-7-9(4)10(5)8(3)1-11;/h2H2,1H3;;/q;-1;. The third-order valence-corrected chi connectivity index (χ3v) is 3.77. The molecule has 0 unspecified atom stereocenters. The molecule has 0 N–H and O–H groups in total. The Morgan fingerprint density at radius 1 is 0.963 bits per heavy atom. The van der Waals surface area contributed by atoms with Crippen LogP contribution in [0.1, 0.15) is 13.3 Å². The summed E-state index contributed by atoms with van der Waals surface area (Å²) in [5, 5.41) is 0. The Bertz CT molecular complexity index is 383. The molecule has 0 saturated heterocycles. The summed E-state index contributed by atoms with van der Waals surface area (Å²) in [7, 11) is 54.1. The third kappa shape index (κ3) is 13.6. The van der Waals surface area contributed by atoms with E-state index in [1.165, 1.54) is 28.2 Å². The number of hydrogen-bond donors (Lipinski definition) is 0. The van der Waals surface area contributed by atoms with Crippen molar-refractivity contribution in [3.63, 3.8) is 0 Å². The maximum absolute atomic E-state index is 11.6. The summed E-state index contributed by atoms with van der Waals surface area (Å²) in [6.45, 7) is 0.291. The summed E-state index contributed by atoms with van der Waals surface area (Å²) in [6, 6.07) is 0. The Morgan fingerprint density at radius 3 is 1.78 bits per heavy atom. The van der Waals surface area contributed by atoms with E-state index in [0.717, 1.165) is 0 Å². The van der Waals surface area contributed by atoms with Crippen LogP contribution in [0.5, 0.6) is 0 Å². The van der Waals surface area contributed by atoms with Crippen LogP contribution in [0.4, 0.5) is 0 Å². The van der Waals surface area contributed by atoms with Gasteiger partial charge in [-0.15, -0.1) is 0 Å². The molecule has 0 rings (SSSR count). The molecule has 0 aromatic heterocycles. The van der Waals surface area contributed by atoms with Crippen LogP contribution >= 0.6 is 0 Å². The van der Waals surface area contributed by atoms with E-state index in [2.05, 4.69) is 0 Å². The molecule has 23 radical (unpaired) electrons. The molecule has 27 heavy (non-hydrogen) atoms. The van der Waals surface area contributed by atoms with Gasteiger partial charge in [0.25, 0.3) is 0 Å². The Balaban J connectivity index is -0.000000430. The van der Waals surface area contributed by atoms with E-state index >= 15 is 0 Å².